The molecule has 6 heteroatoms. The van der Waals surface area contributed by atoms with Crippen molar-refractivity contribution in [1.29, 1.82) is 0 Å². The van der Waals surface area contributed by atoms with Gasteiger partial charge in [0, 0.05) is 10.9 Å². The lowest BCUT2D eigenvalue weighted by Crippen LogP contribution is -2.10. The lowest BCUT2D eigenvalue weighted by Gasteiger charge is -2.11. The zero-order valence-corrected chi connectivity index (χ0v) is 12.0. The number of aromatic nitrogens is 2. The van der Waals surface area contributed by atoms with Crippen LogP contribution in [-0.2, 0) is 0 Å². The first-order valence-electron chi connectivity index (χ1n) is 6.70. The van der Waals surface area contributed by atoms with Crippen molar-refractivity contribution in [2.24, 2.45) is 5.73 Å². The van der Waals surface area contributed by atoms with Crippen LogP contribution in [0.1, 0.15) is 15.9 Å². The van der Waals surface area contributed by atoms with E-state index in [2.05, 4.69) is 9.97 Å². The fourth-order valence-corrected chi connectivity index (χ4v) is 2.59. The lowest BCUT2D eigenvalue weighted by atomic mass is 9.96. The Morgan fingerprint density at radius 1 is 1.09 bits per heavy atom. The predicted molar refractivity (Wildman–Crippen MR) is 87.1 cm³/mol. The number of amides is 1. The lowest BCUT2D eigenvalue weighted by molar-refractivity contribution is 0.100. The zero-order valence-electron chi connectivity index (χ0n) is 12.0. The van der Waals surface area contributed by atoms with Crippen molar-refractivity contribution in [3.8, 4) is 11.1 Å². The molecule has 0 aliphatic heterocycles. The van der Waals surface area contributed by atoms with Gasteiger partial charge >= 0.3 is 0 Å². The number of primary amides is 1. The topological polar surface area (TPSA) is 121 Å². The molecule has 1 aromatic heterocycles. The summed E-state index contributed by atoms with van der Waals surface area (Å²) in [5.41, 5.74) is 20.8. The Bertz CT molecular complexity index is 904. The van der Waals surface area contributed by atoms with Crippen LogP contribution in [0.25, 0.3) is 22.0 Å². The maximum atomic E-state index is 11.3. The fraction of sp³-hybridized carbons (Fsp3) is 0.0625. The normalized spacial score (nSPS) is 10.8. The maximum absolute atomic E-state index is 11.3. The average molecular weight is 293 g/mol. The molecule has 0 fully saturated rings. The van der Waals surface area contributed by atoms with Gasteiger partial charge in [0.25, 0.3) is 0 Å². The molecule has 0 spiro atoms. The SMILES string of the molecule is Cc1c(-c2cccc(C(N)=O)c2)ccc2nc(N)nc(N)c12. The average Bonchev–Trinajstić information content (AvgIpc) is 2.46. The Balaban J connectivity index is 2.26. The van der Waals surface area contributed by atoms with Gasteiger partial charge in [-0.25, -0.2) is 4.98 Å². The number of nitrogens with two attached hydrogens (primary N) is 3. The summed E-state index contributed by atoms with van der Waals surface area (Å²) in [6.45, 7) is 1.94. The van der Waals surface area contributed by atoms with Crippen LogP contribution >= 0.6 is 0 Å². The van der Waals surface area contributed by atoms with Crippen LogP contribution in [0.5, 0.6) is 0 Å². The molecule has 6 nitrogen and oxygen atoms in total. The first-order chi connectivity index (χ1) is 10.5. The first-order valence-corrected chi connectivity index (χ1v) is 6.70. The van der Waals surface area contributed by atoms with E-state index >= 15 is 0 Å². The maximum Gasteiger partial charge on any atom is 0.248 e. The second kappa shape index (κ2) is 5.00. The molecule has 0 unspecified atom stereocenters. The minimum Gasteiger partial charge on any atom is -0.383 e. The van der Waals surface area contributed by atoms with Crippen LogP contribution in [-0.4, -0.2) is 15.9 Å². The Morgan fingerprint density at radius 2 is 1.86 bits per heavy atom. The van der Waals surface area contributed by atoms with Crippen molar-refractivity contribution in [3.63, 3.8) is 0 Å². The number of nitrogens with zero attached hydrogens (tertiary/aromatic N) is 2. The molecule has 0 aliphatic carbocycles. The van der Waals surface area contributed by atoms with Crippen LogP contribution < -0.4 is 17.2 Å². The third-order valence-corrected chi connectivity index (χ3v) is 3.63. The highest BCUT2D eigenvalue weighted by Gasteiger charge is 2.12. The number of anilines is 2. The van der Waals surface area contributed by atoms with Gasteiger partial charge in [-0.3, -0.25) is 4.79 Å². The molecule has 0 saturated carbocycles. The summed E-state index contributed by atoms with van der Waals surface area (Å²) in [6.07, 6.45) is 0. The van der Waals surface area contributed by atoms with Crippen LogP contribution in [0.4, 0.5) is 11.8 Å². The summed E-state index contributed by atoms with van der Waals surface area (Å²) in [6, 6.07) is 10.9. The van der Waals surface area contributed by atoms with E-state index in [1.807, 2.05) is 25.1 Å². The van der Waals surface area contributed by atoms with Gasteiger partial charge in [-0.2, -0.15) is 4.98 Å². The van der Waals surface area contributed by atoms with E-state index in [9.17, 15) is 4.79 Å². The minimum atomic E-state index is -0.462. The molecule has 0 bridgehead atoms. The molecule has 1 amide bonds. The number of nitrogen functional groups attached to an aromatic ring is 2. The van der Waals surface area contributed by atoms with Crippen molar-refractivity contribution in [2.45, 2.75) is 6.92 Å². The molecule has 3 rings (SSSR count). The van der Waals surface area contributed by atoms with Gasteiger partial charge in [-0.15, -0.1) is 0 Å². The number of benzene rings is 2. The van der Waals surface area contributed by atoms with E-state index in [-0.39, 0.29) is 5.95 Å². The smallest absolute Gasteiger partial charge is 0.248 e. The minimum absolute atomic E-state index is 0.146. The van der Waals surface area contributed by atoms with Crippen LogP contribution in [0.15, 0.2) is 36.4 Å². The number of rotatable bonds is 2. The van der Waals surface area contributed by atoms with Crippen LogP contribution in [0.3, 0.4) is 0 Å². The number of carbonyl (C=O) groups is 1. The van der Waals surface area contributed by atoms with Crippen LogP contribution in [0.2, 0.25) is 0 Å². The molecular formula is C16H15N5O. The van der Waals surface area contributed by atoms with Gasteiger partial charge in [-0.05, 0) is 41.8 Å². The molecule has 0 saturated heterocycles. The van der Waals surface area contributed by atoms with Gasteiger partial charge in [-0.1, -0.05) is 18.2 Å². The molecule has 6 N–H and O–H groups in total. The van der Waals surface area contributed by atoms with E-state index in [0.717, 1.165) is 22.1 Å². The van der Waals surface area contributed by atoms with Gasteiger partial charge < -0.3 is 17.2 Å². The molecule has 110 valence electrons. The van der Waals surface area contributed by atoms with Gasteiger partial charge in [0.15, 0.2) is 0 Å². The number of carbonyl (C=O) groups excluding carboxylic acids is 1. The summed E-state index contributed by atoms with van der Waals surface area (Å²) < 4.78 is 0. The Labute approximate surface area is 127 Å². The highest BCUT2D eigenvalue weighted by atomic mass is 16.1. The van der Waals surface area contributed by atoms with Crippen molar-refractivity contribution < 1.29 is 4.79 Å². The summed E-state index contributed by atoms with van der Waals surface area (Å²) >= 11 is 0. The molecular weight excluding hydrogens is 278 g/mol. The van der Waals surface area contributed by atoms with E-state index in [1.54, 1.807) is 18.2 Å². The summed E-state index contributed by atoms with van der Waals surface area (Å²) in [4.78, 5) is 19.5. The quantitative estimate of drug-likeness (QED) is 0.666. The van der Waals surface area contributed by atoms with Crippen molar-refractivity contribution in [3.05, 3.63) is 47.5 Å². The van der Waals surface area contributed by atoms with E-state index in [0.29, 0.717) is 16.9 Å². The van der Waals surface area contributed by atoms with Gasteiger partial charge in [0.05, 0.1) is 5.52 Å². The second-order valence-electron chi connectivity index (χ2n) is 5.04. The van der Waals surface area contributed by atoms with E-state index in [1.165, 1.54) is 0 Å². The van der Waals surface area contributed by atoms with Crippen molar-refractivity contribution >= 4 is 28.6 Å². The predicted octanol–water partition coefficient (Wildman–Crippen LogP) is 1.87. The van der Waals surface area contributed by atoms with Crippen molar-refractivity contribution in [1.82, 2.24) is 9.97 Å². The molecule has 0 atom stereocenters. The van der Waals surface area contributed by atoms with Gasteiger partial charge in [0.1, 0.15) is 5.82 Å². The van der Waals surface area contributed by atoms with Crippen molar-refractivity contribution in [2.75, 3.05) is 11.5 Å². The molecule has 0 aliphatic rings. The number of hydrogen-bond donors (Lipinski definition) is 3. The third kappa shape index (κ3) is 2.20. The van der Waals surface area contributed by atoms with E-state index < -0.39 is 5.91 Å². The summed E-state index contributed by atoms with van der Waals surface area (Å²) in [5.74, 6) is 0.0247. The summed E-state index contributed by atoms with van der Waals surface area (Å²) in [7, 11) is 0. The second-order valence-corrected chi connectivity index (χ2v) is 5.04. The fourth-order valence-electron chi connectivity index (χ4n) is 2.59. The highest BCUT2D eigenvalue weighted by molar-refractivity contribution is 5.98. The molecule has 0 radical (unpaired) electrons. The monoisotopic (exact) mass is 293 g/mol. The van der Waals surface area contributed by atoms with Crippen LogP contribution in [0, 0.1) is 6.92 Å². The first kappa shape index (κ1) is 13.8. The largest absolute Gasteiger partial charge is 0.383 e. The Hall–Kier alpha value is -3.15. The highest BCUT2D eigenvalue weighted by Crippen LogP contribution is 2.32. The molecule has 1 heterocycles. The standard InChI is InChI=1S/C16H15N5O/c1-8-11(9-3-2-4-10(7-9)15(18)22)5-6-12-13(8)14(17)21-16(19)20-12/h2-7H,1H3,(H2,18,22)(H4,17,19,20,21). The third-order valence-electron chi connectivity index (χ3n) is 3.63. The molecule has 22 heavy (non-hydrogen) atoms. The zero-order chi connectivity index (χ0) is 15.9. The molecule has 2 aromatic carbocycles. The summed E-state index contributed by atoms with van der Waals surface area (Å²) in [5, 5.41) is 0.760. The number of aryl methyl sites for hydroxylation is 1. The Morgan fingerprint density at radius 3 is 2.59 bits per heavy atom. The Kier molecular flexibility index (Phi) is 3.14. The number of hydrogen-bond acceptors (Lipinski definition) is 5. The molecule has 3 aromatic rings. The van der Waals surface area contributed by atoms with Gasteiger partial charge in [0.2, 0.25) is 11.9 Å². The number of fused-ring (bicyclic) bond motifs is 1. The van der Waals surface area contributed by atoms with E-state index in [4.69, 9.17) is 17.2 Å².